The Morgan fingerprint density at radius 1 is 1.00 bits per heavy atom. The predicted octanol–water partition coefficient (Wildman–Crippen LogP) is 2.63. The molecule has 2 aromatic heterocycles. The summed E-state index contributed by atoms with van der Waals surface area (Å²) in [6.45, 7) is 0.443. The van der Waals surface area contributed by atoms with Crippen LogP contribution in [-0.2, 0) is 6.54 Å². The monoisotopic (exact) mass is 268 g/mol. The molecule has 19 heavy (non-hydrogen) atoms. The van der Waals surface area contributed by atoms with E-state index in [2.05, 4.69) is 15.0 Å². The number of pyridine rings is 1. The third-order valence-electron chi connectivity index (χ3n) is 2.70. The smallest absolute Gasteiger partial charge is 0.117 e. The van der Waals surface area contributed by atoms with Crippen LogP contribution in [0.4, 0.5) is 0 Å². The molecule has 0 amide bonds. The first kappa shape index (κ1) is 12.1. The second-order valence-corrected chi connectivity index (χ2v) is 4.98. The largest absolute Gasteiger partial charge is 0.325 e. The molecule has 0 saturated carbocycles. The van der Waals surface area contributed by atoms with Crippen molar-refractivity contribution < 1.29 is 0 Å². The Bertz CT molecular complexity index is 709. The standard InChI is InChI=1S/C14H12N4S/c15-8-10-4-3-7-13(18-10)19-14-11-5-1-2-6-12(11)16-9-17-14/h1-7,9H,8,15H2. The van der Waals surface area contributed by atoms with Gasteiger partial charge >= 0.3 is 0 Å². The molecule has 0 fully saturated rings. The molecule has 0 saturated heterocycles. The van der Waals surface area contributed by atoms with Crippen molar-refractivity contribution in [3.63, 3.8) is 0 Å². The summed E-state index contributed by atoms with van der Waals surface area (Å²) in [6, 6.07) is 13.8. The molecule has 0 atom stereocenters. The van der Waals surface area contributed by atoms with E-state index in [9.17, 15) is 0 Å². The summed E-state index contributed by atoms with van der Waals surface area (Å²) in [5.74, 6) is 0. The minimum Gasteiger partial charge on any atom is -0.325 e. The van der Waals surface area contributed by atoms with Crippen LogP contribution in [0, 0.1) is 0 Å². The van der Waals surface area contributed by atoms with Crippen molar-refractivity contribution in [2.24, 2.45) is 5.73 Å². The molecule has 4 nitrogen and oxygen atoms in total. The molecule has 0 unspecified atom stereocenters. The van der Waals surface area contributed by atoms with Crippen LogP contribution in [-0.4, -0.2) is 15.0 Å². The number of rotatable bonds is 3. The Kier molecular flexibility index (Phi) is 3.39. The van der Waals surface area contributed by atoms with Crippen molar-refractivity contribution in [1.82, 2.24) is 15.0 Å². The van der Waals surface area contributed by atoms with Crippen molar-refractivity contribution in [1.29, 1.82) is 0 Å². The zero-order chi connectivity index (χ0) is 13.1. The van der Waals surface area contributed by atoms with E-state index >= 15 is 0 Å². The average molecular weight is 268 g/mol. The lowest BCUT2D eigenvalue weighted by Gasteiger charge is -2.05. The first-order valence-corrected chi connectivity index (χ1v) is 6.72. The number of nitrogens with zero attached hydrogens (tertiary/aromatic N) is 3. The van der Waals surface area contributed by atoms with Crippen LogP contribution in [0.3, 0.4) is 0 Å². The highest BCUT2D eigenvalue weighted by Crippen LogP contribution is 2.29. The number of benzene rings is 1. The molecule has 0 aliphatic rings. The zero-order valence-corrected chi connectivity index (χ0v) is 11.0. The van der Waals surface area contributed by atoms with Crippen molar-refractivity contribution in [2.75, 3.05) is 0 Å². The van der Waals surface area contributed by atoms with Crippen molar-refractivity contribution in [2.45, 2.75) is 16.6 Å². The van der Waals surface area contributed by atoms with Gasteiger partial charge in [-0.25, -0.2) is 15.0 Å². The van der Waals surface area contributed by atoms with Crippen molar-refractivity contribution >= 4 is 22.7 Å². The van der Waals surface area contributed by atoms with Gasteiger partial charge in [-0.05, 0) is 30.0 Å². The fraction of sp³-hybridized carbons (Fsp3) is 0.0714. The van der Waals surface area contributed by atoms with Gasteiger partial charge in [-0.1, -0.05) is 24.3 Å². The molecule has 0 aliphatic carbocycles. The maximum atomic E-state index is 5.61. The van der Waals surface area contributed by atoms with E-state index < -0.39 is 0 Å². The van der Waals surface area contributed by atoms with Gasteiger partial charge in [-0.3, -0.25) is 0 Å². The number of fused-ring (bicyclic) bond motifs is 1. The van der Waals surface area contributed by atoms with Gasteiger partial charge in [0.15, 0.2) is 0 Å². The average Bonchev–Trinajstić information content (AvgIpc) is 2.48. The summed E-state index contributed by atoms with van der Waals surface area (Å²) in [6.07, 6.45) is 1.58. The summed E-state index contributed by atoms with van der Waals surface area (Å²) in [5.41, 5.74) is 7.42. The van der Waals surface area contributed by atoms with Gasteiger partial charge < -0.3 is 5.73 Å². The summed E-state index contributed by atoms with van der Waals surface area (Å²) in [7, 11) is 0. The molecule has 1 aromatic carbocycles. The molecule has 3 rings (SSSR count). The SMILES string of the molecule is NCc1cccc(Sc2ncnc3ccccc23)n1. The van der Waals surface area contributed by atoms with Gasteiger partial charge in [0.1, 0.15) is 16.4 Å². The van der Waals surface area contributed by atoms with Crippen LogP contribution in [0.2, 0.25) is 0 Å². The van der Waals surface area contributed by atoms with Crippen LogP contribution in [0.25, 0.3) is 10.9 Å². The van der Waals surface area contributed by atoms with Crippen LogP contribution in [0.15, 0.2) is 58.8 Å². The molecular formula is C14H12N4S. The molecule has 0 spiro atoms. The van der Waals surface area contributed by atoms with Gasteiger partial charge in [-0.15, -0.1) is 0 Å². The second kappa shape index (κ2) is 5.34. The van der Waals surface area contributed by atoms with Crippen molar-refractivity contribution in [3.05, 3.63) is 54.5 Å². The molecule has 94 valence electrons. The van der Waals surface area contributed by atoms with Crippen LogP contribution in [0.1, 0.15) is 5.69 Å². The Balaban J connectivity index is 2.01. The first-order chi connectivity index (χ1) is 9.36. The molecule has 0 aliphatic heterocycles. The van der Waals surface area contributed by atoms with Gasteiger partial charge in [0.05, 0.1) is 11.2 Å². The van der Waals surface area contributed by atoms with Gasteiger partial charge in [0.2, 0.25) is 0 Å². The van der Waals surface area contributed by atoms with E-state index in [4.69, 9.17) is 5.73 Å². The van der Waals surface area contributed by atoms with Gasteiger partial charge in [0, 0.05) is 11.9 Å². The quantitative estimate of drug-likeness (QED) is 0.740. The van der Waals surface area contributed by atoms with E-state index in [0.29, 0.717) is 6.54 Å². The minimum atomic E-state index is 0.443. The maximum absolute atomic E-state index is 5.61. The minimum absolute atomic E-state index is 0.443. The summed E-state index contributed by atoms with van der Waals surface area (Å²) < 4.78 is 0. The highest BCUT2D eigenvalue weighted by atomic mass is 32.2. The van der Waals surface area contributed by atoms with E-state index in [-0.39, 0.29) is 0 Å². The third kappa shape index (κ3) is 2.57. The zero-order valence-electron chi connectivity index (χ0n) is 10.2. The Morgan fingerprint density at radius 3 is 2.79 bits per heavy atom. The number of aromatic nitrogens is 3. The number of para-hydroxylation sites is 1. The summed E-state index contributed by atoms with van der Waals surface area (Å²) in [5, 5.41) is 2.84. The van der Waals surface area contributed by atoms with Crippen molar-refractivity contribution in [3.8, 4) is 0 Å². The Morgan fingerprint density at radius 2 is 1.89 bits per heavy atom. The number of hydrogen-bond acceptors (Lipinski definition) is 5. The van der Waals surface area contributed by atoms with Gasteiger partial charge in [-0.2, -0.15) is 0 Å². The van der Waals surface area contributed by atoms with Gasteiger partial charge in [0.25, 0.3) is 0 Å². The highest BCUT2D eigenvalue weighted by molar-refractivity contribution is 7.99. The summed E-state index contributed by atoms with van der Waals surface area (Å²) >= 11 is 1.53. The molecule has 2 heterocycles. The van der Waals surface area contributed by atoms with Crippen LogP contribution in [0.5, 0.6) is 0 Å². The predicted molar refractivity (Wildman–Crippen MR) is 75.8 cm³/mol. The molecule has 2 N–H and O–H groups in total. The van der Waals surface area contributed by atoms with E-state index in [0.717, 1.165) is 26.6 Å². The van der Waals surface area contributed by atoms with Crippen LogP contribution < -0.4 is 5.73 Å². The lowest BCUT2D eigenvalue weighted by atomic mass is 10.2. The topological polar surface area (TPSA) is 64.7 Å². The normalized spacial score (nSPS) is 10.8. The van der Waals surface area contributed by atoms with Crippen LogP contribution >= 0.6 is 11.8 Å². The highest BCUT2D eigenvalue weighted by Gasteiger charge is 2.06. The fourth-order valence-electron chi connectivity index (χ4n) is 1.79. The third-order valence-corrected chi connectivity index (χ3v) is 3.65. The van der Waals surface area contributed by atoms with E-state index in [1.54, 1.807) is 6.33 Å². The first-order valence-electron chi connectivity index (χ1n) is 5.90. The molecule has 0 bridgehead atoms. The maximum Gasteiger partial charge on any atom is 0.117 e. The summed E-state index contributed by atoms with van der Waals surface area (Å²) in [4.78, 5) is 13.1. The molecular weight excluding hydrogens is 256 g/mol. The molecule has 0 radical (unpaired) electrons. The lowest BCUT2D eigenvalue weighted by Crippen LogP contribution is -1.99. The fourth-order valence-corrected chi connectivity index (χ4v) is 2.68. The molecule has 3 aromatic rings. The Labute approximate surface area is 115 Å². The lowest BCUT2D eigenvalue weighted by molar-refractivity contribution is 0.940. The Hall–Kier alpha value is -1.98. The molecule has 5 heteroatoms. The second-order valence-electron chi connectivity index (χ2n) is 3.97. The van der Waals surface area contributed by atoms with E-state index in [1.807, 2.05) is 42.5 Å². The van der Waals surface area contributed by atoms with E-state index in [1.165, 1.54) is 11.8 Å². The number of nitrogens with two attached hydrogens (primary N) is 1. The number of hydrogen-bond donors (Lipinski definition) is 1.